The van der Waals surface area contributed by atoms with Crippen LogP contribution in [0, 0.1) is 16.7 Å². The van der Waals surface area contributed by atoms with E-state index in [9.17, 15) is 5.26 Å². The number of nitriles is 1. The number of nitrogens with zero attached hydrogens (tertiary/aromatic N) is 3. The molecule has 0 aliphatic carbocycles. The van der Waals surface area contributed by atoms with E-state index in [1.807, 2.05) is 29.8 Å². The first-order valence-corrected chi connectivity index (χ1v) is 12.4. The average Bonchev–Trinajstić information content (AvgIpc) is 2.87. The second kappa shape index (κ2) is 6.69. The summed E-state index contributed by atoms with van der Waals surface area (Å²) >= 11 is 0. The molecule has 3 heterocycles. The van der Waals surface area contributed by atoms with Gasteiger partial charge in [-0.05, 0) is 25.1 Å². The Kier molecular flexibility index (Phi) is 4.76. The molecule has 1 unspecified atom stereocenters. The van der Waals surface area contributed by atoms with Gasteiger partial charge in [0.15, 0.2) is 0 Å². The van der Waals surface area contributed by atoms with Gasteiger partial charge in [0.05, 0.1) is 11.8 Å². The normalized spacial score (nSPS) is 20.3. The molecule has 0 amide bonds. The summed E-state index contributed by atoms with van der Waals surface area (Å²) in [7, 11) is -1.08. The van der Waals surface area contributed by atoms with E-state index in [2.05, 4.69) is 36.0 Å². The highest BCUT2D eigenvalue weighted by molar-refractivity contribution is 6.76. The van der Waals surface area contributed by atoms with E-state index in [4.69, 9.17) is 9.47 Å². The van der Waals surface area contributed by atoms with Gasteiger partial charge in [-0.2, -0.15) is 10.2 Å². The Labute approximate surface area is 149 Å². The first kappa shape index (κ1) is 17.8. The van der Waals surface area contributed by atoms with Crippen molar-refractivity contribution in [1.82, 2.24) is 9.55 Å². The summed E-state index contributed by atoms with van der Waals surface area (Å²) in [5.74, 6) is 0.550. The van der Waals surface area contributed by atoms with Crippen LogP contribution in [0.4, 0.5) is 5.69 Å². The van der Waals surface area contributed by atoms with E-state index < -0.39 is 13.5 Å². The number of ether oxygens (including phenoxy) is 2. The van der Waals surface area contributed by atoms with Gasteiger partial charge in [-0.25, -0.2) is 0 Å². The molecule has 0 saturated heterocycles. The molecule has 0 fully saturated rings. The lowest BCUT2D eigenvalue weighted by Gasteiger charge is -2.17. The van der Waals surface area contributed by atoms with E-state index in [1.165, 1.54) is 0 Å². The maximum Gasteiger partial charge on any atom is 0.239 e. The Bertz CT molecular complexity index is 806. The van der Waals surface area contributed by atoms with E-state index in [0.29, 0.717) is 25.8 Å². The van der Waals surface area contributed by atoms with Gasteiger partial charge >= 0.3 is 0 Å². The van der Waals surface area contributed by atoms with Gasteiger partial charge < -0.3 is 19.4 Å². The zero-order valence-electron chi connectivity index (χ0n) is 15.4. The van der Waals surface area contributed by atoms with Crippen molar-refractivity contribution in [2.45, 2.75) is 39.3 Å². The third-order valence-electron chi connectivity index (χ3n) is 4.40. The van der Waals surface area contributed by atoms with Crippen LogP contribution in [0.5, 0.6) is 5.88 Å². The average molecular weight is 359 g/mol. The van der Waals surface area contributed by atoms with Gasteiger partial charge in [0.1, 0.15) is 24.4 Å². The third-order valence-corrected chi connectivity index (χ3v) is 6.10. The SMILES string of the molecule is CC1(C#N)CNc2cc3ccn(COCC[Si](C)(C)C)c3nc2OC1. The number of aromatic nitrogens is 2. The number of hydrogen-bond donors (Lipinski definition) is 1. The highest BCUT2D eigenvalue weighted by Gasteiger charge is 2.29. The zero-order chi connectivity index (χ0) is 18.1. The molecule has 1 aliphatic heterocycles. The van der Waals surface area contributed by atoms with Crippen LogP contribution in [0.1, 0.15) is 6.92 Å². The molecule has 2 aromatic rings. The van der Waals surface area contributed by atoms with E-state index in [-0.39, 0.29) is 0 Å². The van der Waals surface area contributed by atoms with Crippen molar-refractivity contribution in [3.8, 4) is 11.9 Å². The Morgan fingerprint density at radius 1 is 1.48 bits per heavy atom. The minimum atomic E-state index is -1.08. The Hall–Kier alpha value is -2.04. The van der Waals surface area contributed by atoms with Crippen molar-refractivity contribution in [3.63, 3.8) is 0 Å². The molecule has 6 nitrogen and oxygen atoms in total. The van der Waals surface area contributed by atoms with Gasteiger partial charge in [-0.1, -0.05) is 19.6 Å². The second-order valence-electron chi connectivity index (χ2n) is 8.20. The molecule has 2 aromatic heterocycles. The van der Waals surface area contributed by atoms with Crippen LogP contribution in [0.25, 0.3) is 11.0 Å². The van der Waals surface area contributed by atoms with Crippen LogP contribution in [0.3, 0.4) is 0 Å². The first-order chi connectivity index (χ1) is 11.8. The Morgan fingerprint density at radius 2 is 2.28 bits per heavy atom. The molecule has 0 aromatic carbocycles. The highest BCUT2D eigenvalue weighted by atomic mass is 28.3. The predicted octanol–water partition coefficient (Wildman–Crippen LogP) is 3.68. The molecular weight excluding hydrogens is 332 g/mol. The van der Waals surface area contributed by atoms with Crippen molar-refractivity contribution in [2.75, 3.05) is 25.1 Å². The number of anilines is 1. The minimum Gasteiger partial charge on any atom is -0.474 e. The lowest BCUT2D eigenvalue weighted by Crippen LogP contribution is -2.29. The summed E-state index contributed by atoms with van der Waals surface area (Å²) in [5.41, 5.74) is 1.12. The number of fused-ring (bicyclic) bond motifs is 2. The van der Waals surface area contributed by atoms with Gasteiger partial charge in [-0.15, -0.1) is 0 Å². The summed E-state index contributed by atoms with van der Waals surface area (Å²) in [6.45, 7) is 11.1. The van der Waals surface area contributed by atoms with E-state index in [1.54, 1.807) is 0 Å². The van der Waals surface area contributed by atoms with Crippen molar-refractivity contribution in [3.05, 3.63) is 18.3 Å². The summed E-state index contributed by atoms with van der Waals surface area (Å²) in [4.78, 5) is 4.66. The fourth-order valence-electron chi connectivity index (χ4n) is 2.62. The van der Waals surface area contributed by atoms with E-state index in [0.717, 1.165) is 29.4 Å². The summed E-state index contributed by atoms with van der Waals surface area (Å²) in [6.07, 6.45) is 1.99. The van der Waals surface area contributed by atoms with Gasteiger partial charge in [0.2, 0.25) is 5.88 Å². The van der Waals surface area contributed by atoms with Crippen LogP contribution < -0.4 is 10.1 Å². The lowest BCUT2D eigenvalue weighted by atomic mass is 9.94. The number of hydrogen-bond acceptors (Lipinski definition) is 5. The summed E-state index contributed by atoms with van der Waals surface area (Å²) in [5, 5.41) is 13.6. The largest absolute Gasteiger partial charge is 0.474 e. The zero-order valence-corrected chi connectivity index (χ0v) is 16.4. The second-order valence-corrected chi connectivity index (χ2v) is 13.8. The topological polar surface area (TPSA) is 72.1 Å². The molecule has 0 saturated carbocycles. The highest BCUT2D eigenvalue weighted by Crippen LogP contribution is 2.32. The molecule has 0 bridgehead atoms. The van der Waals surface area contributed by atoms with Crippen LogP contribution >= 0.6 is 0 Å². The maximum atomic E-state index is 9.32. The van der Waals surface area contributed by atoms with Crippen molar-refractivity contribution < 1.29 is 9.47 Å². The Morgan fingerprint density at radius 3 is 3.00 bits per heavy atom. The number of nitrogens with one attached hydrogen (secondary N) is 1. The maximum absolute atomic E-state index is 9.32. The molecule has 1 N–H and O–H groups in total. The van der Waals surface area contributed by atoms with Crippen molar-refractivity contribution in [1.29, 1.82) is 5.26 Å². The van der Waals surface area contributed by atoms with Gasteiger partial charge in [0.25, 0.3) is 0 Å². The van der Waals surface area contributed by atoms with Crippen LogP contribution in [-0.2, 0) is 11.5 Å². The number of pyridine rings is 1. The van der Waals surface area contributed by atoms with Gasteiger partial charge in [-0.3, -0.25) is 0 Å². The fraction of sp³-hybridized carbons (Fsp3) is 0.556. The third kappa shape index (κ3) is 4.14. The molecule has 1 aliphatic rings. The molecule has 7 heteroatoms. The fourth-order valence-corrected chi connectivity index (χ4v) is 3.38. The monoisotopic (exact) mass is 358 g/mol. The Balaban J connectivity index is 1.75. The lowest BCUT2D eigenvalue weighted by molar-refractivity contribution is 0.0898. The molecule has 3 rings (SSSR count). The first-order valence-electron chi connectivity index (χ1n) is 8.65. The van der Waals surface area contributed by atoms with Crippen LogP contribution in [0.2, 0.25) is 25.7 Å². The molecular formula is C18H26N4O2Si. The molecule has 0 spiro atoms. The number of rotatable bonds is 5. The quantitative estimate of drug-likeness (QED) is 0.652. The smallest absolute Gasteiger partial charge is 0.239 e. The summed E-state index contributed by atoms with van der Waals surface area (Å²) < 4.78 is 13.7. The van der Waals surface area contributed by atoms with Gasteiger partial charge in [0, 0.05) is 32.8 Å². The van der Waals surface area contributed by atoms with Crippen molar-refractivity contribution in [2.24, 2.45) is 5.41 Å². The summed E-state index contributed by atoms with van der Waals surface area (Å²) in [6, 6.07) is 7.51. The molecule has 1 atom stereocenters. The van der Waals surface area contributed by atoms with Crippen molar-refractivity contribution >= 4 is 24.8 Å². The minimum absolute atomic E-state index is 0.329. The molecule has 0 radical (unpaired) electrons. The van der Waals surface area contributed by atoms with E-state index >= 15 is 0 Å². The predicted molar refractivity (Wildman–Crippen MR) is 102 cm³/mol. The molecule has 134 valence electrons. The van der Waals surface area contributed by atoms with Crippen LogP contribution in [-0.4, -0.2) is 37.4 Å². The standard InChI is InChI=1S/C18H26N4O2Si/c1-18(10-19)11-20-15-9-14-5-6-22(13-23-7-8-25(2,3)4)16(14)21-17(15)24-12-18/h5-6,9,20H,7-8,11-13H2,1-4H3. The van der Waals surface area contributed by atoms with Crippen LogP contribution in [0.15, 0.2) is 18.3 Å². The molecule has 25 heavy (non-hydrogen) atoms.